The number of halogens is 1. The molecule has 2 aromatic rings. The van der Waals surface area contributed by atoms with Crippen molar-refractivity contribution in [2.75, 3.05) is 23.0 Å². The molecule has 5 heteroatoms. The molecule has 2 rings (SSSR count). The van der Waals surface area contributed by atoms with Gasteiger partial charge in [0.05, 0.1) is 0 Å². The van der Waals surface area contributed by atoms with Crippen LogP contribution in [0.4, 0.5) is 21.9 Å². The highest BCUT2D eigenvalue weighted by molar-refractivity contribution is 6.30. The zero-order valence-corrected chi connectivity index (χ0v) is 11.2. The molecule has 0 aliphatic heterocycles. The van der Waals surface area contributed by atoms with Gasteiger partial charge in [0.15, 0.2) is 0 Å². The summed E-state index contributed by atoms with van der Waals surface area (Å²) in [6, 6.07) is 13.8. The van der Waals surface area contributed by atoms with Gasteiger partial charge in [-0.25, -0.2) is 4.79 Å². The number of amides is 2. The van der Waals surface area contributed by atoms with E-state index in [4.69, 9.17) is 17.3 Å². The SMILES string of the molecule is CN(C(=O)Nc1ccc(Cl)cc1)c1cccc(N)c1. The number of nitrogen functional groups attached to an aromatic ring is 1. The highest BCUT2D eigenvalue weighted by Crippen LogP contribution is 2.18. The number of carbonyl (C=O) groups is 1. The minimum absolute atomic E-state index is 0.243. The zero-order valence-electron chi connectivity index (χ0n) is 10.4. The second-order valence-corrected chi connectivity index (χ2v) is 4.53. The number of hydrogen-bond donors (Lipinski definition) is 2. The molecule has 0 saturated carbocycles. The average molecular weight is 276 g/mol. The fourth-order valence-electron chi connectivity index (χ4n) is 1.59. The van der Waals surface area contributed by atoms with Crippen molar-refractivity contribution in [3.05, 3.63) is 53.6 Å². The van der Waals surface area contributed by atoms with Crippen LogP contribution in [0.15, 0.2) is 48.5 Å². The molecule has 0 atom stereocenters. The van der Waals surface area contributed by atoms with Crippen LogP contribution < -0.4 is 16.0 Å². The Hall–Kier alpha value is -2.20. The van der Waals surface area contributed by atoms with E-state index in [2.05, 4.69) is 5.32 Å². The monoisotopic (exact) mass is 275 g/mol. The molecule has 19 heavy (non-hydrogen) atoms. The maximum absolute atomic E-state index is 12.1. The van der Waals surface area contributed by atoms with Crippen LogP contribution >= 0.6 is 11.6 Å². The number of nitrogens with one attached hydrogen (secondary N) is 1. The van der Waals surface area contributed by atoms with Crippen molar-refractivity contribution < 1.29 is 4.79 Å². The van der Waals surface area contributed by atoms with E-state index in [1.54, 1.807) is 49.5 Å². The molecule has 2 amide bonds. The van der Waals surface area contributed by atoms with Crippen LogP contribution in [0.2, 0.25) is 5.02 Å². The Morgan fingerprint density at radius 3 is 2.53 bits per heavy atom. The van der Waals surface area contributed by atoms with Gasteiger partial charge >= 0.3 is 6.03 Å². The van der Waals surface area contributed by atoms with E-state index in [1.165, 1.54) is 4.90 Å². The summed E-state index contributed by atoms with van der Waals surface area (Å²) in [6.45, 7) is 0. The molecular weight excluding hydrogens is 262 g/mol. The summed E-state index contributed by atoms with van der Waals surface area (Å²) in [7, 11) is 1.68. The van der Waals surface area contributed by atoms with Gasteiger partial charge in [-0.05, 0) is 42.5 Å². The lowest BCUT2D eigenvalue weighted by Crippen LogP contribution is -2.31. The molecule has 0 fully saturated rings. The summed E-state index contributed by atoms with van der Waals surface area (Å²) >= 11 is 5.79. The first-order valence-corrected chi connectivity index (χ1v) is 6.10. The van der Waals surface area contributed by atoms with Gasteiger partial charge in [-0.3, -0.25) is 4.90 Å². The number of rotatable bonds is 2. The third kappa shape index (κ3) is 3.39. The fraction of sp³-hybridized carbons (Fsp3) is 0.0714. The second-order valence-electron chi connectivity index (χ2n) is 4.09. The van der Waals surface area contributed by atoms with Crippen LogP contribution in [0.25, 0.3) is 0 Å². The zero-order chi connectivity index (χ0) is 13.8. The molecule has 3 N–H and O–H groups in total. The maximum Gasteiger partial charge on any atom is 0.326 e. The highest BCUT2D eigenvalue weighted by atomic mass is 35.5. The Morgan fingerprint density at radius 1 is 1.21 bits per heavy atom. The van der Waals surface area contributed by atoms with Crippen molar-refractivity contribution in [1.29, 1.82) is 0 Å². The van der Waals surface area contributed by atoms with Crippen LogP contribution in [0.3, 0.4) is 0 Å². The van der Waals surface area contributed by atoms with Gasteiger partial charge < -0.3 is 11.1 Å². The molecule has 0 heterocycles. The average Bonchev–Trinajstić information content (AvgIpc) is 2.40. The lowest BCUT2D eigenvalue weighted by atomic mass is 10.2. The van der Waals surface area contributed by atoms with E-state index >= 15 is 0 Å². The molecule has 0 radical (unpaired) electrons. The van der Waals surface area contributed by atoms with Crippen molar-refractivity contribution in [3.8, 4) is 0 Å². The van der Waals surface area contributed by atoms with E-state index in [0.717, 1.165) is 5.69 Å². The van der Waals surface area contributed by atoms with Crippen molar-refractivity contribution in [3.63, 3.8) is 0 Å². The van der Waals surface area contributed by atoms with E-state index in [1.807, 2.05) is 6.07 Å². The molecule has 0 unspecified atom stereocenters. The minimum atomic E-state index is -0.243. The lowest BCUT2D eigenvalue weighted by Gasteiger charge is -2.18. The maximum atomic E-state index is 12.1. The second kappa shape index (κ2) is 5.63. The van der Waals surface area contributed by atoms with E-state index in [-0.39, 0.29) is 6.03 Å². The molecular formula is C14H14ClN3O. The number of nitrogens with two attached hydrogens (primary N) is 1. The molecule has 0 aromatic heterocycles. The summed E-state index contributed by atoms with van der Waals surface area (Å²) in [5.41, 5.74) is 7.72. The first-order valence-electron chi connectivity index (χ1n) is 5.72. The van der Waals surface area contributed by atoms with Crippen molar-refractivity contribution in [2.24, 2.45) is 0 Å². The predicted molar refractivity (Wildman–Crippen MR) is 79.7 cm³/mol. The van der Waals surface area contributed by atoms with E-state index in [9.17, 15) is 4.79 Å². The number of urea groups is 1. The summed E-state index contributed by atoms with van der Waals surface area (Å²) in [5.74, 6) is 0. The van der Waals surface area contributed by atoms with Crippen LogP contribution in [0.1, 0.15) is 0 Å². The smallest absolute Gasteiger partial charge is 0.326 e. The van der Waals surface area contributed by atoms with Gasteiger partial charge in [0.25, 0.3) is 0 Å². The van der Waals surface area contributed by atoms with Crippen molar-refractivity contribution >= 4 is 34.7 Å². The third-order valence-electron chi connectivity index (χ3n) is 2.66. The van der Waals surface area contributed by atoms with Crippen LogP contribution in [-0.2, 0) is 0 Å². The summed E-state index contributed by atoms with van der Waals surface area (Å²) in [6.07, 6.45) is 0. The Bertz CT molecular complexity index is 583. The van der Waals surface area contributed by atoms with Crippen LogP contribution in [-0.4, -0.2) is 13.1 Å². The molecule has 0 aliphatic carbocycles. The fourth-order valence-corrected chi connectivity index (χ4v) is 1.72. The molecule has 98 valence electrons. The topological polar surface area (TPSA) is 58.4 Å². The first-order chi connectivity index (χ1) is 9.06. The number of anilines is 3. The molecule has 0 saturated heterocycles. The predicted octanol–water partition coefficient (Wildman–Crippen LogP) is 3.59. The van der Waals surface area contributed by atoms with Crippen molar-refractivity contribution in [2.45, 2.75) is 0 Å². The molecule has 2 aromatic carbocycles. The van der Waals surface area contributed by atoms with Gasteiger partial charge in [0.2, 0.25) is 0 Å². The Balaban J connectivity index is 2.09. The summed E-state index contributed by atoms with van der Waals surface area (Å²) < 4.78 is 0. The quantitative estimate of drug-likeness (QED) is 0.823. The number of hydrogen-bond acceptors (Lipinski definition) is 2. The Labute approximate surface area is 116 Å². The third-order valence-corrected chi connectivity index (χ3v) is 2.91. The lowest BCUT2D eigenvalue weighted by molar-refractivity contribution is 0.258. The van der Waals surface area contributed by atoms with E-state index < -0.39 is 0 Å². The number of carbonyl (C=O) groups excluding carboxylic acids is 1. The molecule has 0 aliphatic rings. The highest BCUT2D eigenvalue weighted by Gasteiger charge is 2.10. The molecule has 0 bridgehead atoms. The number of benzene rings is 2. The van der Waals surface area contributed by atoms with Gasteiger partial charge in [-0.15, -0.1) is 0 Å². The van der Waals surface area contributed by atoms with Crippen molar-refractivity contribution in [1.82, 2.24) is 0 Å². The van der Waals surface area contributed by atoms with E-state index in [0.29, 0.717) is 16.4 Å². The molecule has 4 nitrogen and oxygen atoms in total. The van der Waals surface area contributed by atoms with Gasteiger partial charge in [0.1, 0.15) is 0 Å². The standard InChI is InChI=1S/C14H14ClN3O/c1-18(13-4-2-3-11(16)9-13)14(19)17-12-7-5-10(15)6-8-12/h2-9H,16H2,1H3,(H,17,19). The Morgan fingerprint density at radius 2 is 1.89 bits per heavy atom. The van der Waals surface area contributed by atoms with Gasteiger partial charge in [-0.1, -0.05) is 17.7 Å². The normalized spacial score (nSPS) is 10.0. The van der Waals surface area contributed by atoms with Crippen LogP contribution in [0.5, 0.6) is 0 Å². The minimum Gasteiger partial charge on any atom is -0.399 e. The van der Waals surface area contributed by atoms with Gasteiger partial charge in [-0.2, -0.15) is 0 Å². The van der Waals surface area contributed by atoms with Gasteiger partial charge in [0, 0.05) is 29.1 Å². The largest absolute Gasteiger partial charge is 0.399 e. The first kappa shape index (κ1) is 13.2. The number of nitrogens with zero attached hydrogens (tertiary/aromatic N) is 1. The molecule has 0 spiro atoms. The summed E-state index contributed by atoms with van der Waals surface area (Å²) in [4.78, 5) is 13.5. The Kier molecular flexibility index (Phi) is 3.92. The van der Waals surface area contributed by atoms with Crippen LogP contribution in [0, 0.1) is 0 Å². The summed E-state index contributed by atoms with van der Waals surface area (Å²) in [5, 5.41) is 3.40.